The molecule has 1 atom stereocenters. The van der Waals surface area contributed by atoms with Crippen molar-refractivity contribution in [1.29, 1.82) is 0 Å². The van der Waals surface area contributed by atoms with Crippen molar-refractivity contribution in [1.82, 2.24) is 4.57 Å². The van der Waals surface area contributed by atoms with E-state index in [0.29, 0.717) is 0 Å². The molecule has 1 aromatic heterocycles. The number of nitrogens with zero attached hydrogens (tertiary/aromatic N) is 2. The van der Waals surface area contributed by atoms with Gasteiger partial charge in [-0.3, -0.25) is 0 Å². The summed E-state index contributed by atoms with van der Waals surface area (Å²) in [7, 11) is 0. The van der Waals surface area contributed by atoms with E-state index < -0.39 is 10.8 Å². The van der Waals surface area contributed by atoms with Crippen molar-refractivity contribution in [3.05, 3.63) is 348 Å². The summed E-state index contributed by atoms with van der Waals surface area (Å²) in [5.41, 5.74) is 31.3. The number of fused-ring (bicyclic) bond motifs is 22. The molecule has 0 saturated carbocycles. The average molecular weight is 1040 g/mol. The third kappa shape index (κ3) is 5.82. The molecule has 0 saturated heterocycles. The molecule has 82 heavy (non-hydrogen) atoms. The molecule has 0 bridgehead atoms. The number of para-hydroxylation sites is 4. The molecule has 0 fully saturated rings. The molecule has 2 spiro atoms. The molecule has 1 aliphatic heterocycles. The topological polar surface area (TPSA) is 8.17 Å². The van der Waals surface area contributed by atoms with Gasteiger partial charge in [-0.15, -0.1) is 0 Å². The Morgan fingerprint density at radius 3 is 1.48 bits per heavy atom. The van der Waals surface area contributed by atoms with Gasteiger partial charge in [0.05, 0.1) is 38.9 Å². The summed E-state index contributed by atoms with van der Waals surface area (Å²) in [5, 5.41) is 2.56. The van der Waals surface area contributed by atoms with Crippen LogP contribution in [-0.2, 0) is 10.8 Å². The maximum Gasteiger partial charge on any atom is 0.0754 e. The summed E-state index contributed by atoms with van der Waals surface area (Å²) < 4.78 is 2.53. The van der Waals surface area contributed by atoms with Crippen LogP contribution in [0.1, 0.15) is 44.5 Å². The second-order valence-corrected chi connectivity index (χ2v) is 22.5. The zero-order valence-corrected chi connectivity index (χ0v) is 44.8. The van der Waals surface area contributed by atoms with Crippen LogP contribution in [-0.4, -0.2) is 4.57 Å². The Hall–Kier alpha value is -10.5. The van der Waals surface area contributed by atoms with Crippen LogP contribution in [0.4, 0.5) is 17.1 Å². The number of anilines is 3. The summed E-state index contributed by atoms with van der Waals surface area (Å²) in [4.78, 5) is 2.57. The minimum Gasteiger partial charge on any atom is -0.309 e. The van der Waals surface area contributed by atoms with Gasteiger partial charge in [0.25, 0.3) is 0 Å². The van der Waals surface area contributed by atoms with Crippen LogP contribution < -0.4 is 4.90 Å². The van der Waals surface area contributed by atoms with Crippen LogP contribution in [0.25, 0.3) is 94.3 Å². The number of hydrogen-bond acceptors (Lipinski definition) is 1. The van der Waals surface area contributed by atoms with Gasteiger partial charge in [-0.25, -0.2) is 0 Å². The minimum absolute atomic E-state index is 0.504. The highest BCUT2D eigenvalue weighted by Crippen LogP contribution is 2.66. The highest BCUT2D eigenvalue weighted by molar-refractivity contribution is 6.13. The summed E-state index contributed by atoms with van der Waals surface area (Å²) >= 11 is 0. The molecule has 14 aromatic rings. The van der Waals surface area contributed by atoms with Gasteiger partial charge >= 0.3 is 0 Å². The normalized spacial score (nSPS) is 15.0. The summed E-state index contributed by atoms with van der Waals surface area (Å²) in [5.74, 6) is 0. The van der Waals surface area contributed by atoms with Crippen LogP contribution in [0.2, 0.25) is 0 Å². The molecule has 4 aliphatic rings. The van der Waals surface area contributed by atoms with Crippen LogP contribution in [0.5, 0.6) is 0 Å². The van der Waals surface area contributed by atoms with Crippen molar-refractivity contribution in [3.8, 4) is 72.4 Å². The zero-order valence-electron chi connectivity index (χ0n) is 44.8. The van der Waals surface area contributed by atoms with Crippen molar-refractivity contribution < 1.29 is 0 Å². The third-order valence-electron chi connectivity index (χ3n) is 18.8. The number of aromatic nitrogens is 1. The van der Waals surface area contributed by atoms with E-state index in [4.69, 9.17) is 0 Å². The predicted molar refractivity (Wildman–Crippen MR) is 339 cm³/mol. The fourth-order valence-electron chi connectivity index (χ4n) is 15.8. The lowest BCUT2D eigenvalue weighted by Crippen LogP contribution is -2.33. The van der Waals surface area contributed by atoms with E-state index in [1.54, 1.807) is 0 Å². The molecule has 0 radical (unpaired) electrons. The van der Waals surface area contributed by atoms with Crippen LogP contribution in [0.15, 0.2) is 303 Å². The first-order chi connectivity index (χ1) is 40.7. The second-order valence-electron chi connectivity index (χ2n) is 22.5. The average Bonchev–Trinajstić information content (AvgIpc) is 1.66. The van der Waals surface area contributed by atoms with Crippen molar-refractivity contribution in [2.75, 3.05) is 4.90 Å². The Kier molecular flexibility index (Phi) is 9.39. The highest BCUT2D eigenvalue weighted by Gasteiger charge is 2.53. The molecule has 2 nitrogen and oxygen atoms in total. The van der Waals surface area contributed by atoms with Gasteiger partial charge in [-0.2, -0.15) is 0 Å². The Balaban J connectivity index is 0.889. The lowest BCUT2D eigenvalue weighted by molar-refractivity contribution is 0.749. The van der Waals surface area contributed by atoms with E-state index in [2.05, 4.69) is 313 Å². The molecule has 0 N–H and O–H groups in total. The Bertz CT molecular complexity index is 4970. The highest BCUT2D eigenvalue weighted by atomic mass is 15.1. The van der Waals surface area contributed by atoms with Crippen LogP contribution in [0, 0.1) is 0 Å². The molecule has 0 amide bonds. The van der Waals surface area contributed by atoms with Gasteiger partial charge in [0.15, 0.2) is 0 Å². The predicted octanol–water partition coefficient (Wildman–Crippen LogP) is 20.3. The Morgan fingerprint density at radius 1 is 0.256 bits per heavy atom. The molecular formula is C80H50N2. The quantitative estimate of drug-likeness (QED) is 0.161. The first kappa shape index (κ1) is 45.3. The first-order valence-corrected chi connectivity index (χ1v) is 28.7. The maximum absolute atomic E-state index is 2.57. The molecule has 1 unspecified atom stereocenters. The summed E-state index contributed by atoms with van der Waals surface area (Å²) in [6.07, 6.45) is 0. The molecule has 2 heterocycles. The van der Waals surface area contributed by atoms with E-state index in [0.717, 1.165) is 28.2 Å². The number of hydrogen-bond donors (Lipinski definition) is 0. The first-order valence-electron chi connectivity index (χ1n) is 28.7. The second kappa shape index (κ2) is 17.0. The molecular weight excluding hydrogens is 989 g/mol. The van der Waals surface area contributed by atoms with E-state index in [1.165, 1.54) is 128 Å². The third-order valence-corrected chi connectivity index (χ3v) is 18.8. The maximum atomic E-state index is 2.57. The molecule has 380 valence electrons. The number of benzene rings is 13. The van der Waals surface area contributed by atoms with Gasteiger partial charge in [-0.05, 0) is 143 Å². The monoisotopic (exact) mass is 1040 g/mol. The SMILES string of the molecule is c1ccc(-c2ccccc2-c2ccccc2N(c2cccc(-c3ccc4c(c3)C3(c5ccccc5-4)c4ccccc4-n4c5ccccc5c5cccc3c54)c2)c2cccc3c2-c2ccccc2C32c3ccccc3-c3ccccc32)cc1. The molecule has 18 rings (SSSR count). The van der Waals surface area contributed by atoms with Gasteiger partial charge in [0, 0.05) is 27.6 Å². The van der Waals surface area contributed by atoms with Crippen molar-refractivity contribution >= 4 is 38.9 Å². The lowest BCUT2D eigenvalue weighted by atomic mass is 9.65. The van der Waals surface area contributed by atoms with Crippen molar-refractivity contribution in [2.24, 2.45) is 0 Å². The molecule has 2 heteroatoms. The van der Waals surface area contributed by atoms with Gasteiger partial charge in [0.1, 0.15) is 0 Å². The van der Waals surface area contributed by atoms with Gasteiger partial charge < -0.3 is 9.47 Å². The molecule has 3 aliphatic carbocycles. The van der Waals surface area contributed by atoms with E-state index >= 15 is 0 Å². The number of rotatable bonds is 6. The Morgan fingerprint density at radius 2 is 0.732 bits per heavy atom. The zero-order chi connectivity index (χ0) is 53.7. The van der Waals surface area contributed by atoms with Crippen molar-refractivity contribution in [3.63, 3.8) is 0 Å². The largest absolute Gasteiger partial charge is 0.309 e. The van der Waals surface area contributed by atoms with Crippen LogP contribution in [0.3, 0.4) is 0 Å². The standard InChI is InChI=1S/C80H50N2/c1-2-23-51(24-3-1)55-27-4-5-28-56(55)61-32-10-17-43-73(61)81(76-46-22-41-70-77(76)64-34-9-15-39-68(64)79(70)65-36-12-6-29-57(65)58-30-7-13-37-66(58)79)54-26-20-25-52(49-54)53-47-48-60-59-31-8-14-38-67(59)80(72(60)50-53)69-40-16-19-45-75(69)82-74-44-18-11-33-62(74)63-35-21-42-71(80)78(63)82/h1-50H. The van der Waals surface area contributed by atoms with Gasteiger partial charge in [0.2, 0.25) is 0 Å². The smallest absolute Gasteiger partial charge is 0.0754 e. The Labute approximate surface area is 476 Å². The summed E-state index contributed by atoms with van der Waals surface area (Å²) in [6.45, 7) is 0. The van der Waals surface area contributed by atoms with Crippen molar-refractivity contribution in [2.45, 2.75) is 10.8 Å². The lowest BCUT2D eigenvalue weighted by Gasteiger charge is -2.39. The van der Waals surface area contributed by atoms with E-state index in [-0.39, 0.29) is 0 Å². The minimum atomic E-state index is -0.567. The van der Waals surface area contributed by atoms with E-state index in [9.17, 15) is 0 Å². The summed E-state index contributed by atoms with van der Waals surface area (Å²) in [6, 6.07) is 114. The van der Waals surface area contributed by atoms with E-state index in [1.807, 2.05) is 0 Å². The van der Waals surface area contributed by atoms with Crippen LogP contribution >= 0.6 is 0 Å². The fourth-order valence-corrected chi connectivity index (χ4v) is 15.8. The van der Waals surface area contributed by atoms with Gasteiger partial charge in [-0.1, -0.05) is 261 Å². The fraction of sp³-hybridized carbons (Fsp3) is 0.0250. The molecule has 13 aromatic carbocycles.